The van der Waals surface area contributed by atoms with Gasteiger partial charge in [-0.3, -0.25) is 9.59 Å². The van der Waals surface area contributed by atoms with E-state index >= 15 is 0 Å². The van der Waals surface area contributed by atoms with Crippen molar-refractivity contribution in [2.45, 2.75) is 63.2 Å². The summed E-state index contributed by atoms with van der Waals surface area (Å²) >= 11 is 7.21. The average molecular weight is 577 g/mol. The molecule has 0 radical (unpaired) electrons. The zero-order valence-electron chi connectivity index (χ0n) is 21.7. The SMILES string of the molecule is CCc1ccc(C2CC3C(C2=O)C(c2cccs2)C2CC(c4ccc(CC)s4)C(=O)C2C3c2cccs2)s1. The van der Waals surface area contributed by atoms with Gasteiger partial charge in [-0.1, -0.05) is 26.0 Å². The first-order valence-electron chi connectivity index (χ1n) is 13.9. The first kappa shape index (κ1) is 25.1. The van der Waals surface area contributed by atoms with Crippen molar-refractivity contribution in [3.8, 4) is 0 Å². The third kappa shape index (κ3) is 3.89. The van der Waals surface area contributed by atoms with Gasteiger partial charge in [0.1, 0.15) is 11.6 Å². The summed E-state index contributed by atoms with van der Waals surface area (Å²) in [4.78, 5) is 36.7. The Hall–Kier alpha value is -1.86. The molecule has 0 bridgehead atoms. The van der Waals surface area contributed by atoms with Crippen LogP contribution in [0.2, 0.25) is 0 Å². The van der Waals surface area contributed by atoms with Crippen LogP contribution >= 0.6 is 45.3 Å². The van der Waals surface area contributed by atoms with Crippen LogP contribution in [-0.2, 0) is 22.4 Å². The molecule has 6 heteroatoms. The van der Waals surface area contributed by atoms with Gasteiger partial charge in [-0.2, -0.15) is 0 Å². The highest BCUT2D eigenvalue weighted by molar-refractivity contribution is 7.12. The lowest BCUT2D eigenvalue weighted by molar-refractivity contribution is -0.129. The molecular weight excluding hydrogens is 545 g/mol. The Morgan fingerprint density at radius 2 is 1.05 bits per heavy atom. The lowest BCUT2D eigenvalue weighted by Crippen LogP contribution is -2.43. The number of hydrogen-bond donors (Lipinski definition) is 0. The van der Waals surface area contributed by atoms with Crippen LogP contribution < -0.4 is 0 Å². The van der Waals surface area contributed by atoms with E-state index in [9.17, 15) is 9.59 Å². The number of rotatable bonds is 6. The van der Waals surface area contributed by atoms with E-state index in [0.717, 1.165) is 25.7 Å². The zero-order chi connectivity index (χ0) is 26.0. The molecule has 4 aromatic rings. The molecule has 0 amide bonds. The Balaban J connectivity index is 1.35. The van der Waals surface area contributed by atoms with Gasteiger partial charge in [0.05, 0.1) is 11.8 Å². The van der Waals surface area contributed by atoms with Crippen molar-refractivity contribution in [3.63, 3.8) is 0 Å². The molecule has 8 unspecified atom stereocenters. The van der Waals surface area contributed by atoms with Gasteiger partial charge in [-0.25, -0.2) is 0 Å². The number of ketones is 2. The van der Waals surface area contributed by atoms with E-state index in [-0.39, 0.29) is 47.3 Å². The predicted octanol–water partition coefficient (Wildman–Crippen LogP) is 8.92. The maximum atomic E-state index is 14.5. The van der Waals surface area contributed by atoms with E-state index in [0.29, 0.717) is 11.6 Å². The fourth-order valence-corrected chi connectivity index (χ4v) is 12.0. The van der Waals surface area contributed by atoms with Gasteiger partial charge in [0.15, 0.2) is 0 Å². The largest absolute Gasteiger partial charge is 0.299 e. The first-order valence-corrected chi connectivity index (χ1v) is 17.3. The van der Waals surface area contributed by atoms with Gasteiger partial charge in [0.25, 0.3) is 0 Å². The van der Waals surface area contributed by atoms with Crippen molar-refractivity contribution in [2.24, 2.45) is 23.7 Å². The number of thiophene rings is 4. The van der Waals surface area contributed by atoms with Crippen molar-refractivity contribution in [2.75, 3.05) is 0 Å². The van der Waals surface area contributed by atoms with Crippen LogP contribution in [0.15, 0.2) is 59.3 Å². The molecule has 196 valence electrons. The third-order valence-electron chi connectivity index (χ3n) is 9.47. The van der Waals surface area contributed by atoms with E-state index in [1.165, 1.54) is 29.3 Å². The van der Waals surface area contributed by atoms with E-state index in [1.807, 2.05) is 22.7 Å². The second kappa shape index (κ2) is 9.96. The van der Waals surface area contributed by atoms with Crippen LogP contribution in [0.3, 0.4) is 0 Å². The normalized spacial score (nSPS) is 32.6. The first-order chi connectivity index (χ1) is 18.6. The summed E-state index contributed by atoms with van der Waals surface area (Å²) in [6.07, 6.45) is 3.77. The minimum Gasteiger partial charge on any atom is -0.299 e. The smallest absolute Gasteiger partial charge is 0.145 e. The Morgan fingerprint density at radius 3 is 1.39 bits per heavy atom. The molecule has 38 heavy (non-hydrogen) atoms. The monoisotopic (exact) mass is 576 g/mol. The van der Waals surface area contributed by atoms with Crippen LogP contribution in [-0.4, -0.2) is 11.6 Å². The Labute approximate surface area is 240 Å². The molecule has 8 atom stereocenters. The number of Topliss-reactive ketones (excluding diaryl/α,β-unsaturated/α-hetero) is 2. The molecule has 3 fully saturated rings. The lowest BCUT2D eigenvalue weighted by atomic mass is 9.58. The van der Waals surface area contributed by atoms with E-state index in [2.05, 4.69) is 73.1 Å². The Kier molecular flexibility index (Phi) is 6.58. The summed E-state index contributed by atoms with van der Waals surface area (Å²) in [5.74, 6) is 1.47. The number of fused-ring (bicyclic) bond motifs is 2. The van der Waals surface area contributed by atoms with Gasteiger partial charge >= 0.3 is 0 Å². The van der Waals surface area contributed by atoms with Gasteiger partial charge < -0.3 is 0 Å². The third-order valence-corrected chi connectivity index (χ3v) is 14.1. The number of hydrogen-bond acceptors (Lipinski definition) is 6. The highest BCUT2D eigenvalue weighted by Crippen LogP contribution is 2.66. The molecule has 3 aliphatic rings. The van der Waals surface area contributed by atoms with E-state index in [1.54, 1.807) is 22.7 Å². The second-order valence-electron chi connectivity index (χ2n) is 11.2. The molecule has 0 spiro atoms. The number of carbonyl (C=O) groups excluding carboxylic acids is 2. The van der Waals surface area contributed by atoms with Gasteiger partial charge in [0, 0.05) is 52.9 Å². The molecule has 3 saturated carbocycles. The summed E-state index contributed by atoms with van der Waals surface area (Å²) < 4.78 is 0. The summed E-state index contributed by atoms with van der Waals surface area (Å²) in [6.45, 7) is 4.37. The minimum absolute atomic E-state index is 0.0136. The topological polar surface area (TPSA) is 34.1 Å². The quantitative estimate of drug-likeness (QED) is 0.230. The highest BCUT2D eigenvalue weighted by atomic mass is 32.1. The molecule has 4 aromatic heterocycles. The van der Waals surface area contributed by atoms with E-state index < -0.39 is 0 Å². The zero-order valence-corrected chi connectivity index (χ0v) is 24.9. The van der Waals surface area contributed by atoms with Crippen LogP contribution in [0.25, 0.3) is 0 Å². The van der Waals surface area contributed by atoms with Crippen molar-refractivity contribution in [1.82, 2.24) is 0 Å². The van der Waals surface area contributed by atoms with Crippen molar-refractivity contribution >= 4 is 56.9 Å². The summed E-state index contributed by atoms with van der Waals surface area (Å²) in [7, 11) is 0. The maximum absolute atomic E-state index is 14.5. The molecule has 0 aromatic carbocycles. The number of aryl methyl sites for hydroxylation is 2. The van der Waals surface area contributed by atoms with Crippen LogP contribution in [0.4, 0.5) is 0 Å². The van der Waals surface area contributed by atoms with Crippen molar-refractivity contribution < 1.29 is 9.59 Å². The lowest BCUT2D eigenvalue weighted by Gasteiger charge is -2.45. The molecule has 3 aliphatic carbocycles. The molecule has 0 aliphatic heterocycles. The molecule has 7 rings (SSSR count). The maximum Gasteiger partial charge on any atom is 0.145 e. The van der Waals surface area contributed by atoms with Crippen LogP contribution in [0.5, 0.6) is 0 Å². The van der Waals surface area contributed by atoms with Crippen molar-refractivity contribution in [3.05, 3.63) is 88.6 Å². The van der Waals surface area contributed by atoms with E-state index in [4.69, 9.17) is 0 Å². The molecule has 0 N–H and O–H groups in total. The standard InChI is InChI=1S/C32H32O2S4/c1-3-17-9-11-23(37-17)19-15-21-27(25-7-5-13-35-25)30-22(28(29(21)31(19)33)26-8-6-14-36-26)16-20(32(30)34)24-12-10-18(4-2)38-24/h5-14,19-22,27-30H,3-4,15-16H2,1-2H3. The molecule has 0 saturated heterocycles. The average Bonchev–Trinajstić information content (AvgIpc) is 3.75. The van der Waals surface area contributed by atoms with Crippen LogP contribution in [0.1, 0.15) is 79.6 Å². The highest BCUT2D eigenvalue weighted by Gasteiger charge is 2.63. The predicted molar refractivity (Wildman–Crippen MR) is 160 cm³/mol. The van der Waals surface area contributed by atoms with Gasteiger partial charge in [-0.05, 0) is 84.7 Å². The molecule has 2 nitrogen and oxygen atoms in total. The summed E-state index contributed by atoms with van der Waals surface area (Å²) in [5.41, 5.74) is 0. The van der Waals surface area contributed by atoms with Gasteiger partial charge in [0.2, 0.25) is 0 Å². The van der Waals surface area contributed by atoms with Crippen LogP contribution in [0, 0.1) is 23.7 Å². The summed E-state index contributed by atoms with van der Waals surface area (Å²) in [6, 6.07) is 17.5. The van der Waals surface area contributed by atoms with Gasteiger partial charge in [-0.15, -0.1) is 45.3 Å². The minimum atomic E-state index is -0.0330. The molecule has 4 heterocycles. The Bertz CT molecular complexity index is 1330. The molecular formula is C32H32O2S4. The fourth-order valence-electron chi connectivity index (χ4n) is 7.91. The summed E-state index contributed by atoms with van der Waals surface area (Å²) in [5, 5.41) is 4.30. The Morgan fingerprint density at radius 1 is 0.605 bits per heavy atom. The fraction of sp³-hybridized carbons (Fsp3) is 0.438. The second-order valence-corrected chi connectivity index (χ2v) is 15.5. The van der Waals surface area contributed by atoms with Crippen molar-refractivity contribution in [1.29, 1.82) is 0 Å². The number of carbonyl (C=O) groups is 2.